The van der Waals surface area contributed by atoms with Crippen LogP contribution in [0.4, 0.5) is 0 Å². The summed E-state index contributed by atoms with van der Waals surface area (Å²) in [6.45, 7) is 0.525. The number of hydrogen-bond donors (Lipinski definition) is 6. The summed E-state index contributed by atoms with van der Waals surface area (Å²) in [6, 6.07) is 23.3. The number of oxime groups is 2. The van der Waals surface area contributed by atoms with Gasteiger partial charge in [0, 0.05) is 25.9 Å². The Balaban J connectivity index is 1.38. The fraction of sp³-hybridized carbons (Fsp3) is 0.176. The third-order valence-electron chi connectivity index (χ3n) is 7.26. The first-order chi connectivity index (χ1) is 22.3. The van der Waals surface area contributed by atoms with Crippen LogP contribution in [0.2, 0.25) is 0 Å². The summed E-state index contributed by atoms with van der Waals surface area (Å²) in [5.41, 5.74) is 2.73. The Morgan fingerprint density at radius 3 is 1.48 bits per heavy atom. The van der Waals surface area contributed by atoms with E-state index in [4.69, 9.17) is 9.47 Å². The Labute approximate surface area is 264 Å². The van der Waals surface area contributed by atoms with E-state index >= 15 is 0 Å². The van der Waals surface area contributed by atoms with Gasteiger partial charge < -0.3 is 40.7 Å². The zero-order valence-electron chi connectivity index (χ0n) is 24.6. The Hall–Kier alpha value is -6.04. The molecule has 0 fully saturated rings. The van der Waals surface area contributed by atoms with E-state index in [0.29, 0.717) is 35.5 Å². The maximum atomic E-state index is 12.8. The van der Waals surface area contributed by atoms with Crippen LogP contribution in [0.3, 0.4) is 0 Å². The van der Waals surface area contributed by atoms with E-state index in [1.807, 2.05) is 12.1 Å². The van der Waals surface area contributed by atoms with Gasteiger partial charge in [-0.05, 0) is 83.6 Å². The summed E-state index contributed by atoms with van der Waals surface area (Å²) >= 11 is 0. The molecule has 0 unspecified atom stereocenters. The quantitative estimate of drug-likeness (QED) is 0.122. The van der Waals surface area contributed by atoms with Gasteiger partial charge in [0.15, 0.2) is 23.0 Å². The molecule has 236 valence electrons. The van der Waals surface area contributed by atoms with Crippen molar-refractivity contribution in [1.82, 2.24) is 10.6 Å². The molecule has 4 aliphatic rings. The van der Waals surface area contributed by atoms with Crippen LogP contribution >= 0.6 is 0 Å². The van der Waals surface area contributed by atoms with E-state index in [1.54, 1.807) is 54.6 Å². The average Bonchev–Trinajstić information content (AvgIpc) is 3.06. The summed E-state index contributed by atoms with van der Waals surface area (Å²) in [6.07, 6.45) is 0.943. The lowest BCUT2D eigenvalue weighted by Crippen LogP contribution is -2.33. The van der Waals surface area contributed by atoms with Crippen molar-refractivity contribution in [2.45, 2.75) is 25.7 Å². The number of nitrogens with zero attached hydrogens (tertiary/aromatic N) is 2. The van der Waals surface area contributed by atoms with Crippen LogP contribution in [0.25, 0.3) is 0 Å². The van der Waals surface area contributed by atoms with Crippen molar-refractivity contribution in [3.05, 3.63) is 107 Å². The van der Waals surface area contributed by atoms with E-state index in [9.17, 15) is 30.2 Å². The normalized spacial score (nSPS) is 16.5. The van der Waals surface area contributed by atoms with Gasteiger partial charge in [0.25, 0.3) is 11.8 Å². The van der Waals surface area contributed by atoms with Crippen molar-refractivity contribution >= 4 is 23.2 Å². The number of nitrogens with one attached hydrogen (secondary N) is 2. The van der Waals surface area contributed by atoms with Crippen LogP contribution in [0.15, 0.2) is 95.2 Å². The van der Waals surface area contributed by atoms with Gasteiger partial charge in [0.2, 0.25) is 0 Å². The Kier molecular flexibility index (Phi) is 9.98. The second kappa shape index (κ2) is 14.6. The molecule has 0 atom stereocenters. The Bertz CT molecular complexity index is 1770. The SMILES string of the molecule is O=C1NCCc2ccc(cc2)Oc2cc(ccc2O)CCNC(=O)/C(=N/O)Cc2ccc(cc2)Oc2cc(ccc2O)C/C1=N/O. The van der Waals surface area contributed by atoms with Gasteiger partial charge in [-0.25, -0.2) is 0 Å². The molecule has 12 nitrogen and oxygen atoms in total. The van der Waals surface area contributed by atoms with Crippen LogP contribution in [-0.4, -0.2) is 57.0 Å². The van der Waals surface area contributed by atoms with Gasteiger partial charge in [-0.2, -0.15) is 0 Å². The molecular weight excluding hydrogens is 592 g/mol. The summed E-state index contributed by atoms with van der Waals surface area (Å²) in [4.78, 5) is 25.5. The van der Waals surface area contributed by atoms with Crippen molar-refractivity contribution in [3.8, 4) is 34.5 Å². The predicted molar refractivity (Wildman–Crippen MR) is 169 cm³/mol. The van der Waals surface area contributed by atoms with Gasteiger partial charge in [-0.15, -0.1) is 0 Å². The van der Waals surface area contributed by atoms with E-state index in [-0.39, 0.29) is 60.4 Å². The molecule has 0 spiro atoms. The van der Waals surface area contributed by atoms with Crippen molar-refractivity contribution in [1.29, 1.82) is 0 Å². The lowest BCUT2D eigenvalue weighted by Gasteiger charge is -2.12. The number of ether oxygens (including phenoxy) is 2. The highest BCUT2D eigenvalue weighted by Crippen LogP contribution is 2.33. The molecule has 4 aromatic carbocycles. The second-order valence-electron chi connectivity index (χ2n) is 10.6. The molecule has 4 aromatic rings. The number of phenolic OH excluding ortho intramolecular Hbond substituents is 2. The molecule has 2 amide bonds. The molecule has 46 heavy (non-hydrogen) atoms. The number of hydrogen-bond acceptors (Lipinski definition) is 10. The molecule has 0 saturated carbocycles. The third-order valence-corrected chi connectivity index (χ3v) is 7.26. The van der Waals surface area contributed by atoms with Crippen molar-refractivity contribution in [2.75, 3.05) is 13.1 Å². The van der Waals surface area contributed by atoms with Gasteiger partial charge >= 0.3 is 0 Å². The number of benzene rings is 4. The standard InChI is InChI=1S/C34H32N4O8/c39-29-11-5-23-14-16-36-33(41)27(37-43)17-22-3-9-26(10-4-22)46-32-20-24(6-12-30(32)40)18-28(38-44)34(42)35-15-13-21-1-7-25(8-2-21)45-31(29)19-23/h1-12,19-20,39-40,43-44H,13-18H2,(H,35,42)(H,36,41)/b37-27+,38-28-. The van der Waals surface area contributed by atoms with E-state index in [1.165, 1.54) is 18.2 Å². The van der Waals surface area contributed by atoms with Gasteiger partial charge in [-0.1, -0.05) is 46.7 Å². The van der Waals surface area contributed by atoms with Gasteiger partial charge in [0.1, 0.15) is 22.9 Å². The highest BCUT2D eigenvalue weighted by Gasteiger charge is 2.16. The number of carbonyl (C=O) groups is 2. The van der Waals surface area contributed by atoms with Gasteiger partial charge in [0.05, 0.1) is 0 Å². The lowest BCUT2D eigenvalue weighted by atomic mass is 10.1. The number of aromatic hydroxyl groups is 2. The number of phenols is 2. The minimum absolute atomic E-state index is 0.0245. The monoisotopic (exact) mass is 624 g/mol. The molecule has 0 saturated heterocycles. The topological polar surface area (TPSA) is 182 Å². The summed E-state index contributed by atoms with van der Waals surface area (Å²) < 4.78 is 11.7. The molecule has 4 heterocycles. The molecule has 4 aliphatic heterocycles. The van der Waals surface area contributed by atoms with E-state index in [2.05, 4.69) is 20.9 Å². The molecule has 8 rings (SSSR count). The first-order valence-electron chi connectivity index (χ1n) is 14.5. The highest BCUT2D eigenvalue weighted by atomic mass is 16.5. The Morgan fingerprint density at radius 1 is 0.543 bits per heavy atom. The van der Waals surface area contributed by atoms with Crippen LogP contribution in [0.5, 0.6) is 34.5 Å². The van der Waals surface area contributed by atoms with Crippen molar-refractivity contribution in [2.24, 2.45) is 10.3 Å². The van der Waals surface area contributed by atoms with E-state index in [0.717, 1.165) is 11.1 Å². The minimum atomic E-state index is -0.545. The highest BCUT2D eigenvalue weighted by molar-refractivity contribution is 6.39. The van der Waals surface area contributed by atoms with Crippen LogP contribution < -0.4 is 20.1 Å². The molecule has 0 aromatic heterocycles. The largest absolute Gasteiger partial charge is 0.504 e. The fourth-order valence-electron chi connectivity index (χ4n) is 4.75. The maximum Gasteiger partial charge on any atom is 0.269 e. The van der Waals surface area contributed by atoms with Crippen LogP contribution in [0.1, 0.15) is 22.3 Å². The van der Waals surface area contributed by atoms with Crippen LogP contribution in [-0.2, 0) is 35.3 Å². The van der Waals surface area contributed by atoms with Crippen molar-refractivity contribution in [3.63, 3.8) is 0 Å². The fourth-order valence-corrected chi connectivity index (χ4v) is 4.75. The molecule has 12 heteroatoms. The van der Waals surface area contributed by atoms with Crippen LogP contribution in [0, 0.1) is 0 Å². The van der Waals surface area contributed by atoms with Crippen molar-refractivity contribution < 1.29 is 39.7 Å². The summed E-state index contributed by atoms with van der Waals surface area (Å²) in [7, 11) is 0. The first-order valence-corrected chi connectivity index (χ1v) is 14.5. The zero-order valence-corrected chi connectivity index (χ0v) is 24.6. The maximum absolute atomic E-state index is 12.8. The second-order valence-corrected chi connectivity index (χ2v) is 10.6. The molecule has 6 N–H and O–H groups in total. The molecule has 0 aliphatic carbocycles. The molecule has 8 bridgehead atoms. The van der Waals surface area contributed by atoms with E-state index < -0.39 is 11.8 Å². The average molecular weight is 625 g/mol. The summed E-state index contributed by atoms with van der Waals surface area (Å²) in [5, 5.41) is 51.7. The number of rotatable bonds is 0. The molecular formula is C34H32N4O8. The number of amides is 2. The Morgan fingerprint density at radius 2 is 0.957 bits per heavy atom. The predicted octanol–water partition coefficient (Wildman–Crippen LogP) is 4.46. The lowest BCUT2D eigenvalue weighted by molar-refractivity contribution is -0.115. The summed E-state index contributed by atoms with van der Waals surface area (Å²) in [5.74, 6) is -0.00852. The molecule has 0 radical (unpaired) electrons. The van der Waals surface area contributed by atoms with Gasteiger partial charge in [-0.3, -0.25) is 9.59 Å². The number of carbonyl (C=O) groups excluding carboxylic acids is 2. The minimum Gasteiger partial charge on any atom is -0.504 e. The third kappa shape index (κ3) is 8.11. The zero-order chi connectivity index (χ0) is 32.5. The smallest absolute Gasteiger partial charge is 0.269 e. The first kappa shape index (κ1) is 31.4.